The Morgan fingerprint density at radius 1 is 1.15 bits per heavy atom. The van der Waals surface area contributed by atoms with Gasteiger partial charge in [-0.15, -0.1) is 0 Å². The van der Waals surface area contributed by atoms with Gasteiger partial charge < -0.3 is 25.1 Å². The lowest BCUT2D eigenvalue weighted by atomic mass is 10.0. The number of nitrogen functional groups attached to an aromatic ring is 1. The predicted octanol–water partition coefficient (Wildman–Crippen LogP) is 2.25. The summed E-state index contributed by atoms with van der Waals surface area (Å²) in [5, 5.41) is 0. The number of hydrogen-bond acceptors (Lipinski definition) is 7. The summed E-state index contributed by atoms with van der Waals surface area (Å²) in [4.78, 5) is 19.3. The Balaban J connectivity index is 1.44. The fourth-order valence-corrected chi connectivity index (χ4v) is 3.81. The van der Waals surface area contributed by atoms with E-state index in [2.05, 4.69) is 32.8 Å². The lowest BCUT2D eigenvalue weighted by molar-refractivity contribution is -0.169. The van der Waals surface area contributed by atoms with Crippen LogP contribution in [0.1, 0.15) is 18.4 Å². The summed E-state index contributed by atoms with van der Waals surface area (Å²) in [7, 11) is 0. The lowest BCUT2D eigenvalue weighted by Crippen LogP contribution is -2.45. The highest BCUT2D eigenvalue weighted by Crippen LogP contribution is 2.33. The number of rotatable bonds is 2. The monoisotopic (exact) mass is 366 g/mol. The average molecular weight is 366 g/mol. The van der Waals surface area contributed by atoms with Gasteiger partial charge in [0.15, 0.2) is 23.1 Å². The molecule has 2 aliphatic heterocycles. The Bertz CT molecular complexity index is 985. The number of aromatic nitrogens is 4. The van der Waals surface area contributed by atoms with Gasteiger partial charge >= 0.3 is 0 Å². The van der Waals surface area contributed by atoms with Crippen molar-refractivity contribution in [2.24, 2.45) is 0 Å². The van der Waals surface area contributed by atoms with Gasteiger partial charge in [-0.05, 0) is 24.6 Å². The largest absolute Gasteiger partial charge is 0.382 e. The zero-order valence-corrected chi connectivity index (χ0v) is 15.2. The second-order valence-corrected chi connectivity index (χ2v) is 7.16. The average Bonchev–Trinajstić information content (AvgIpc) is 3.30. The number of aryl methyl sites for hydroxylation is 1. The number of aromatic amines is 1. The first-order valence-electron chi connectivity index (χ1n) is 9.24. The number of fused-ring (bicyclic) bond motifs is 1. The minimum Gasteiger partial charge on any atom is -0.382 e. The quantitative estimate of drug-likeness (QED) is 0.717. The zero-order chi connectivity index (χ0) is 18.4. The van der Waals surface area contributed by atoms with Crippen molar-refractivity contribution in [1.82, 2.24) is 19.9 Å². The second kappa shape index (κ2) is 6.17. The third-order valence-electron chi connectivity index (χ3n) is 5.31. The maximum Gasteiger partial charge on any atom is 0.171 e. The number of imidazole rings is 1. The van der Waals surface area contributed by atoms with Gasteiger partial charge in [0.1, 0.15) is 5.82 Å². The Morgan fingerprint density at radius 3 is 2.70 bits per heavy atom. The Labute approximate surface area is 156 Å². The van der Waals surface area contributed by atoms with Gasteiger partial charge in [-0.3, -0.25) is 0 Å². The second-order valence-electron chi connectivity index (χ2n) is 7.16. The van der Waals surface area contributed by atoms with Crippen molar-refractivity contribution in [2.45, 2.75) is 25.6 Å². The van der Waals surface area contributed by atoms with Crippen LogP contribution in [-0.2, 0) is 9.47 Å². The molecule has 0 amide bonds. The first-order chi connectivity index (χ1) is 13.1. The summed E-state index contributed by atoms with van der Waals surface area (Å²) in [5.41, 5.74) is 9.71. The molecule has 140 valence electrons. The molecule has 1 spiro atoms. The molecule has 2 aliphatic rings. The highest BCUT2D eigenvalue weighted by Gasteiger charge is 2.40. The predicted molar refractivity (Wildman–Crippen MR) is 102 cm³/mol. The number of benzene rings is 1. The SMILES string of the molecule is Cc1ccc2nc(-c3nc(N4CCC5(CC4)OCCO5)cnc3N)[nH]c2c1. The first-order valence-corrected chi connectivity index (χ1v) is 9.24. The number of ether oxygens (including phenoxy) is 2. The molecule has 3 aromatic rings. The van der Waals surface area contributed by atoms with E-state index in [1.165, 1.54) is 5.56 Å². The van der Waals surface area contributed by atoms with Gasteiger partial charge in [-0.1, -0.05) is 6.07 Å². The number of H-pyrrole nitrogens is 1. The van der Waals surface area contributed by atoms with Crippen LogP contribution in [0.5, 0.6) is 0 Å². The third kappa shape index (κ3) is 2.90. The number of hydrogen-bond donors (Lipinski definition) is 2. The molecule has 3 N–H and O–H groups in total. The molecule has 8 heteroatoms. The molecule has 5 rings (SSSR count). The Kier molecular flexibility index (Phi) is 3.76. The molecule has 0 unspecified atom stereocenters. The summed E-state index contributed by atoms with van der Waals surface area (Å²) in [6, 6.07) is 6.09. The number of anilines is 2. The van der Waals surface area contributed by atoms with Crippen molar-refractivity contribution in [1.29, 1.82) is 0 Å². The van der Waals surface area contributed by atoms with Crippen LogP contribution < -0.4 is 10.6 Å². The van der Waals surface area contributed by atoms with E-state index in [4.69, 9.17) is 20.2 Å². The summed E-state index contributed by atoms with van der Waals surface area (Å²) in [6.45, 7) is 5.01. The van der Waals surface area contributed by atoms with Gasteiger partial charge in [0.05, 0.1) is 30.4 Å². The summed E-state index contributed by atoms with van der Waals surface area (Å²) in [5.74, 6) is 1.39. The van der Waals surface area contributed by atoms with Crippen LogP contribution in [-0.4, -0.2) is 52.0 Å². The fraction of sp³-hybridized carbons (Fsp3) is 0.421. The van der Waals surface area contributed by atoms with Gasteiger partial charge in [-0.25, -0.2) is 15.0 Å². The van der Waals surface area contributed by atoms with Crippen molar-refractivity contribution in [3.8, 4) is 11.5 Å². The number of nitrogens with one attached hydrogen (secondary N) is 1. The Morgan fingerprint density at radius 2 is 1.93 bits per heavy atom. The molecule has 0 radical (unpaired) electrons. The summed E-state index contributed by atoms with van der Waals surface area (Å²) in [6.07, 6.45) is 3.36. The van der Waals surface area contributed by atoms with Crippen LogP contribution >= 0.6 is 0 Å². The Hall–Kier alpha value is -2.71. The lowest BCUT2D eigenvalue weighted by Gasteiger charge is -2.38. The van der Waals surface area contributed by atoms with E-state index < -0.39 is 5.79 Å². The molecule has 0 saturated carbocycles. The molecule has 2 fully saturated rings. The first kappa shape index (κ1) is 16.5. The topological polar surface area (TPSA) is 102 Å². The molecule has 2 saturated heterocycles. The molecule has 1 aromatic carbocycles. The standard InChI is InChI=1S/C19H22N6O2/c1-12-2-3-13-14(10-12)23-18(22-13)16-17(20)21-11-15(24-16)25-6-4-19(5-7-25)26-8-9-27-19/h2-3,10-11H,4-9H2,1H3,(H2,20,21)(H,22,23). The van der Waals surface area contributed by atoms with E-state index in [1.54, 1.807) is 6.20 Å². The minimum atomic E-state index is -0.406. The maximum absolute atomic E-state index is 6.11. The summed E-state index contributed by atoms with van der Waals surface area (Å²) < 4.78 is 11.6. The van der Waals surface area contributed by atoms with Crippen LogP contribution in [0.4, 0.5) is 11.6 Å². The third-order valence-corrected chi connectivity index (χ3v) is 5.31. The summed E-state index contributed by atoms with van der Waals surface area (Å²) >= 11 is 0. The van der Waals surface area contributed by atoms with E-state index in [0.717, 1.165) is 42.8 Å². The van der Waals surface area contributed by atoms with Crippen molar-refractivity contribution in [3.63, 3.8) is 0 Å². The van der Waals surface area contributed by atoms with Gasteiger partial charge in [0, 0.05) is 25.9 Å². The van der Waals surface area contributed by atoms with Crippen molar-refractivity contribution in [2.75, 3.05) is 36.9 Å². The van der Waals surface area contributed by atoms with Crippen molar-refractivity contribution >= 4 is 22.7 Å². The molecule has 0 aliphatic carbocycles. The van der Waals surface area contributed by atoms with Crippen LogP contribution in [0.25, 0.3) is 22.6 Å². The van der Waals surface area contributed by atoms with Crippen LogP contribution in [0.15, 0.2) is 24.4 Å². The molecular weight excluding hydrogens is 344 g/mol. The van der Waals surface area contributed by atoms with Crippen LogP contribution in [0.3, 0.4) is 0 Å². The van der Waals surface area contributed by atoms with E-state index in [9.17, 15) is 0 Å². The number of nitrogens with two attached hydrogens (primary N) is 1. The normalized spacial score (nSPS) is 19.2. The minimum absolute atomic E-state index is 0.366. The van der Waals surface area contributed by atoms with Crippen LogP contribution in [0.2, 0.25) is 0 Å². The smallest absolute Gasteiger partial charge is 0.171 e. The zero-order valence-electron chi connectivity index (χ0n) is 15.2. The molecule has 2 aromatic heterocycles. The van der Waals surface area contributed by atoms with E-state index in [0.29, 0.717) is 30.5 Å². The number of piperidine rings is 1. The molecule has 0 bridgehead atoms. The highest BCUT2D eigenvalue weighted by molar-refractivity contribution is 5.81. The molecule has 4 heterocycles. The van der Waals surface area contributed by atoms with E-state index >= 15 is 0 Å². The van der Waals surface area contributed by atoms with Gasteiger partial charge in [0.25, 0.3) is 0 Å². The van der Waals surface area contributed by atoms with Gasteiger partial charge in [-0.2, -0.15) is 0 Å². The fourth-order valence-electron chi connectivity index (χ4n) is 3.81. The van der Waals surface area contributed by atoms with Crippen molar-refractivity contribution < 1.29 is 9.47 Å². The highest BCUT2D eigenvalue weighted by atomic mass is 16.7. The number of nitrogens with zero attached hydrogens (tertiary/aromatic N) is 4. The molecular formula is C19H22N6O2. The maximum atomic E-state index is 6.11. The molecule has 8 nitrogen and oxygen atoms in total. The molecule has 27 heavy (non-hydrogen) atoms. The van der Waals surface area contributed by atoms with Gasteiger partial charge in [0.2, 0.25) is 0 Å². The molecule has 0 atom stereocenters. The van der Waals surface area contributed by atoms with E-state index in [-0.39, 0.29) is 0 Å². The van der Waals surface area contributed by atoms with E-state index in [1.807, 2.05) is 12.1 Å². The van der Waals surface area contributed by atoms with Crippen molar-refractivity contribution in [3.05, 3.63) is 30.0 Å². The van der Waals surface area contributed by atoms with Crippen LogP contribution in [0, 0.1) is 6.92 Å².